The third-order valence-corrected chi connectivity index (χ3v) is 5.93. The number of nitrogens with zero attached hydrogens (tertiary/aromatic N) is 6. The van der Waals surface area contributed by atoms with E-state index in [1.165, 1.54) is 11.3 Å². The number of carbonyl (C=O) groups excluding carboxylic acids is 1. The maximum Gasteiger partial charge on any atom is 0.267 e. The van der Waals surface area contributed by atoms with Crippen molar-refractivity contribution in [2.24, 2.45) is 0 Å². The van der Waals surface area contributed by atoms with E-state index in [2.05, 4.69) is 51.1 Å². The van der Waals surface area contributed by atoms with Crippen LogP contribution in [0.1, 0.15) is 53.2 Å². The fourth-order valence-corrected chi connectivity index (χ4v) is 4.43. The molecule has 4 aromatic rings. The summed E-state index contributed by atoms with van der Waals surface area (Å²) >= 11 is 1.37. The van der Waals surface area contributed by atoms with E-state index in [0.29, 0.717) is 22.5 Å². The van der Waals surface area contributed by atoms with Gasteiger partial charge in [-0.1, -0.05) is 20.8 Å². The molecule has 0 saturated heterocycles. The minimum atomic E-state index is -0.218. The fraction of sp³-hybridized carbons (Fsp3) is 0.333. The van der Waals surface area contributed by atoms with Crippen LogP contribution >= 0.6 is 11.3 Å². The van der Waals surface area contributed by atoms with Gasteiger partial charge >= 0.3 is 0 Å². The molecule has 9 heteroatoms. The summed E-state index contributed by atoms with van der Waals surface area (Å²) in [5.74, 6) is 1.40. The van der Waals surface area contributed by atoms with Crippen molar-refractivity contribution in [2.45, 2.75) is 47.0 Å². The summed E-state index contributed by atoms with van der Waals surface area (Å²) in [6, 6.07) is 3.61. The van der Waals surface area contributed by atoms with Crippen molar-refractivity contribution in [2.75, 3.05) is 5.32 Å². The van der Waals surface area contributed by atoms with Crippen LogP contribution in [-0.4, -0.2) is 35.6 Å². The first kappa shape index (κ1) is 20.1. The molecule has 0 radical (unpaired) electrons. The number of aryl methyl sites for hydroxylation is 3. The second-order valence-electron chi connectivity index (χ2n) is 8.17. The third-order valence-electron chi connectivity index (χ3n) is 4.75. The number of hydrogen-bond donors (Lipinski definition) is 1. The molecule has 1 N–H and O–H groups in total. The molecule has 0 unspecified atom stereocenters. The van der Waals surface area contributed by atoms with Crippen molar-refractivity contribution in [1.29, 1.82) is 0 Å². The molecule has 0 fully saturated rings. The quantitative estimate of drug-likeness (QED) is 0.534. The highest BCUT2D eigenvalue weighted by Crippen LogP contribution is 2.32. The Balaban J connectivity index is 1.77. The van der Waals surface area contributed by atoms with Crippen LogP contribution in [0, 0.1) is 20.8 Å². The lowest BCUT2D eigenvalue weighted by Crippen LogP contribution is -2.16. The van der Waals surface area contributed by atoms with E-state index in [0.717, 1.165) is 27.2 Å². The predicted molar refractivity (Wildman–Crippen MR) is 117 cm³/mol. The van der Waals surface area contributed by atoms with Crippen LogP contribution in [0.25, 0.3) is 16.2 Å². The van der Waals surface area contributed by atoms with Crippen LogP contribution in [0.15, 0.2) is 24.5 Å². The number of hydrogen-bond acceptors (Lipinski definition) is 7. The standard InChI is InChI=1S/C21H23N7OS/c1-11-16-12(2)24-13(3)25-19(16)30-17(11)18(29)26-15-10-14(21(4,5)6)27-28(15)20-22-8-7-9-23-20/h7-10H,1-6H3,(H,26,29). The first-order chi connectivity index (χ1) is 14.1. The molecule has 0 bridgehead atoms. The van der Waals surface area contributed by atoms with Crippen molar-refractivity contribution in [3.05, 3.63) is 52.2 Å². The fourth-order valence-electron chi connectivity index (χ4n) is 3.25. The molecule has 4 heterocycles. The number of thiophene rings is 1. The highest BCUT2D eigenvalue weighted by molar-refractivity contribution is 7.20. The number of aromatic nitrogens is 6. The second kappa shape index (κ2) is 7.24. The Labute approximate surface area is 178 Å². The van der Waals surface area contributed by atoms with Crippen LogP contribution in [0.5, 0.6) is 0 Å². The molecule has 4 aromatic heterocycles. The minimum absolute atomic E-state index is 0.197. The average Bonchev–Trinajstić information content (AvgIpc) is 3.24. The molecule has 4 rings (SSSR count). The summed E-state index contributed by atoms with van der Waals surface area (Å²) < 4.78 is 1.57. The number of rotatable bonds is 3. The monoisotopic (exact) mass is 421 g/mol. The first-order valence-electron chi connectivity index (χ1n) is 9.59. The minimum Gasteiger partial charge on any atom is -0.306 e. The number of nitrogens with one attached hydrogen (secondary N) is 1. The zero-order chi connectivity index (χ0) is 21.6. The number of fused-ring (bicyclic) bond motifs is 1. The van der Waals surface area contributed by atoms with Gasteiger partial charge in [0.15, 0.2) is 0 Å². The van der Waals surface area contributed by atoms with Gasteiger partial charge in [-0.25, -0.2) is 19.9 Å². The molecule has 0 aliphatic rings. The van der Waals surface area contributed by atoms with Gasteiger partial charge in [0.05, 0.1) is 10.6 Å². The molecule has 0 atom stereocenters. The Bertz CT molecular complexity index is 1250. The van der Waals surface area contributed by atoms with Crippen LogP contribution in [-0.2, 0) is 5.41 Å². The molecule has 0 aromatic carbocycles. The van der Waals surface area contributed by atoms with Crippen LogP contribution in [0.3, 0.4) is 0 Å². The van der Waals surface area contributed by atoms with E-state index >= 15 is 0 Å². The highest BCUT2D eigenvalue weighted by atomic mass is 32.1. The van der Waals surface area contributed by atoms with Gasteiger partial charge in [-0.05, 0) is 32.4 Å². The molecule has 30 heavy (non-hydrogen) atoms. The average molecular weight is 422 g/mol. The molecule has 0 aliphatic heterocycles. The Hall–Kier alpha value is -3.20. The van der Waals surface area contributed by atoms with Gasteiger partial charge in [-0.3, -0.25) is 4.79 Å². The lowest BCUT2D eigenvalue weighted by atomic mass is 9.92. The largest absolute Gasteiger partial charge is 0.306 e. The lowest BCUT2D eigenvalue weighted by molar-refractivity contribution is 0.102. The molecular weight excluding hydrogens is 398 g/mol. The van der Waals surface area contributed by atoms with Crippen LogP contribution in [0.4, 0.5) is 5.82 Å². The summed E-state index contributed by atoms with van der Waals surface area (Å²) in [5, 5.41) is 8.58. The van der Waals surface area contributed by atoms with Gasteiger partial charge < -0.3 is 5.32 Å². The smallest absolute Gasteiger partial charge is 0.267 e. The maximum absolute atomic E-state index is 13.2. The van der Waals surface area contributed by atoms with Crippen molar-refractivity contribution in [1.82, 2.24) is 29.7 Å². The molecule has 154 valence electrons. The van der Waals surface area contributed by atoms with E-state index in [1.54, 1.807) is 23.1 Å². The lowest BCUT2D eigenvalue weighted by Gasteiger charge is -2.13. The van der Waals surface area contributed by atoms with Gasteiger partial charge in [0.1, 0.15) is 16.5 Å². The highest BCUT2D eigenvalue weighted by Gasteiger charge is 2.24. The topological polar surface area (TPSA) is 98.5 Å². The second-order valence-corrected chi connectivity index (χ2v) is 9.17. The number of anilines is 1. The number of carbonyl (C=O) groups is 1. The summed E-state index contributed by atoms with van der Waals surface area (Å²) in [5.41, 5.74) is 2.39. The summed E-state index contributed by atoms with van der Waals surface area (Å²) in [6.45, 7) is 11.9. The first-order valence-corrected chi connectivity index (χ1v) is 10.4. The van der Waals surface area contributed by atoms with Crippen molar-refractivity contribution in [3.8, 4) is 5.95 Å². The van der Waals surface area contributed by atoms with E-state index in [9.17, 15) is 4.79 Å². The van der Waals surface area contributed by atoms with Crippen molar-refractivity contribution >= 4 is 33.3 Å². The van der Waals surface area contributed by atoms with Crippen LogP contribution in [0.2, 0.25) is 0 Å². The Morgan fingerprint density at radius 1 is 1.10 bits per heavy atom. The molecular formula is C21H23N7OS. The SMILES string of the molecule is Cc1nc(C)c2c(C)c(C(=O)Nc3cc(C(C)(C)C)nn3-c3ncccn3)sc2n1. The van der Waals surface area contributed by atoms with Crippen molar-refractivity contribution in [3.63, 3.8) is 0 Å². The Morgan fingerprint density at radius 2 is 1.80 bits per heavy atom. The Morgan fingerprint density at radius 3 is 2.47 bits per heavy atom. The third kappa shape index (κ3) is 3.56. The Kier molecular flexibility index (Phi) is 4.85. The normalized spacial score (nSPS) is 11.8. The van der Waals surface area contributed by atoms with E-state index in [1.807, 2.05) is 26.8 Å². The molecule has 0 spiro atoms. The van der Waals surface area contributed by atoms with E-state index in [-0.39, 0.29) is 11.3 Å². The van der Waals surface area contributed by atoms with Gasteiger partial charge in [0, 0.05) is 35.0 Å². The number of amides is 1. The predicted octanol–water partition coefficient (Wildman–Crippen LogP) is 4.14. The molecule has 0 aliphatic carbocycles. The maximum atomic E-state index is 13.2. The van der Waals surface area contributed by atoms with Gasteiger partial charge in [0.25, 0.3) is 11.9 Å². The zero-order valence-corrected chi connectivity index (χ0v) is 18.6. The molecule has 1 amide bonds. The zero-order valence-electron chi connectivity index (χ0n) is 17.8. The van der Waals surface area contributed by atoms with E-state index in [4.69, 9.17) is 0 Å². The summed E-state index contributed by atoms with van der Waals surface area (Å²) in [7, 11) is 0. The van der Waals surface area contributed by atoms with Crippen molar-refractivity contribution < 1.29 is 4.79 Å². The van der Waals surface area contributed by atoms with Gasteiger partial charge in [0.2, 0.25) is 0 Å². The van der Waals surface area contributed by atoms with Crippen LogP contribution < -0.4 is 5.32 Å². The molecule has 0 saturated carbocycles. The van der Waals surface area contributed by atoms with Gasteiger partial charge in [-0.2, -0.15) is 9.78 Å². The van der Waals surface area contributed by atoms with Gasteiger partial charge in [-0.15, -0.1) is 11.3 Å². The summed E-state index contributed by atoms with van der Waals surface area (Å²) in [4.78, 5) is 32.1. The van der Waals surface area contributed by atoms with E-state index < -0.39 is 0 Å². The molecule has 8 nitrogen and oxygen atoms in total. The summed E-state index contributed by atoms with van der Waals surface area (Å²) in [6.07, 6.45) is 3.29.